The van der Waals surface area contributed by atoms with E-state index in [-0.39, 0.29) is 5.41 Å². The Morgan fingerprint density at radius 3 is 3.44 bits per heavy atom. The standard InChI is InChI=1S/C13H12N2O/c1-2-11-10(14-5-1)8-13-4-7-15(9-13)6-3-12(13)16-11/h1-5,7H,6,8-9H2/t13-/m1/s1. The summed E-state index contributed by atoms with van der Waals surface area (Å²) >= 11 is 0. The van der Waals surface area contributed by atoms with Gasteiger partial charge in [0.1, 0.15) is 11.5 Å². The maximum absolute atomic E-state index is 5.98. The fraction of sp³-hybridized carbons (Fsp3) is 0.308. The molecule has 3 aliphatic rings. The highest BCUT2D eigenvalue weighted by atomic mass is 16.5. The Bertz CT molecular complexity index is 520. The summed E-state index contributed by atoms with van der Waals surface area (Å²) in [5.74, 6) is 2.03. The minimum Gasteiger partial charge on any atom is -0.459 e. The zero-order chi connectivity index (χ0) is 10.6. The molecule has 3 heteroatoms. The van der Waals surface area contributed by atoms with E-state index in [1.807, 2.05) is 18.3 Å². The Labute approximate surface area is 94.0 Å². The molecule has 1 aromatic rings. The molecule has 0 radical (unpaired) electrons. The predicted octanol–water partition coefficient (Wildman–Crippen LogP) is 1.73. The van der Waals surface area contributed by atoms with Gasteiger partial charge in [-0.2, -0.15) is 0 Å². The van der Waals surface area contributed by atoms with E-state index in [1.54, 1.807) is 0 Å². The topological polar surface area (TPSA) is 25.4 Å². The number of hydrogen-bond donors (Lipinski definition) is 0. The second-order valence-corrected chi connectivity index (χ2v) is 4.70. The molecule has 1 atom stereocenters. The number of hydrogen-bond acceptors (Lipinski definition) is 3. The molecule has 1 spiro atoms. The van der Waals surface area contributed by atoms with E-state index in [4.69, 9.17) is 4.74 Å². The first kappa shape index (κ1) is 8.39. The summed E-state index contributed by atoms with van der Waals surface area (Å²) in [6.45, 7) is 2.00. The third kappa shape index (κ3) is 0.953. The summed E-state index contributed by atoms with van der Waals surface area (Å²) in [5, 5.41) is 0. The Balaban J connectivity index is 1.88. The first-order valence-corrected chi connectivity index (χ1v) is 5.62. The lowest BCUT2D eigenvalue weighted by Gasteiger charge is -2.38. The second kappa shape index (κ2) is 2.67. The first-order chi connectivity index (χ1) is 7.86. The molecule has 0 fully saturated rings. The van der Waals surface area contributed by atoms with Crippen LogP contribution in [0.1, 0.15) is 5.69 Å². The van der Waals surface area contributed by atoms with Crippen LogP contribution in [0.2, 0.25) is 0 Å². The van der Waals surface area contributed by atoms with E-state index in [0.29, 0.717) is 0 Å². The number of ether oxygens (including phenoxy) is 1. The molecule has 4 rings (SSSR count). The van der Waals surface area contributed by atoms with E-state index in [1.165, 1.54) is 0 Å². The van der Waals surface area contributed by atoms with Gasteiger partial charge < -0.3 is 9.64 Å². The highest BCUT2D eigenvalue weighted by Crippen LogP contribution is 2.46. The molecule has 0 unspecified atom stereocenters. The van der Waals surface area contributed by atoms with Gasteiger partial charge in [0.25, 0.3) is 0 Å². The predicted molar refractivity (Wildman–Crippen MR) is 59.8 cm³/mol. The van der Waals surface area contributed by atoms with Crippen LogP contribution in [0.5, 0.6) is 5.75 Å². The average Bonchev–Trinajstić information content (AvgIpc) is 2.64. The molecule has 3 aliphatic heterocycles. The van der Waals surface area contributed by atoms with Crippen molar-refractivity contribution in [2.45, 2.75) is 6.42 Å². The second-order valence-electron chi connectivity index (χ2n) is 4.70. The third-order valence-corrected chi connectivity index (χ3v) is 3.64. The minimum atomic E-state index is 0.0552. The summed E-state index contributed by atoms with van der Waals surface area (Å²) in [6, 6.07) is 3.93. The molecule has 0 saturated heterocycles. The van der Waals surface area contributed by atoms with Crippen molar-refractivity contribution >= 4 is 0 Å². The van der Waals surface area contributed by atoms with Gasteiger partial charge >= 0.3 is 0 Å². The molecular formula is C13H12N2O. The van der Waals surface area contributed by atoms with E-state index in [2.05, 4.69) is 28.2 Å². The normalized spacial score (nSPS) is 29.2. The Morgan fingerprint density at radius 2 is 2.44 bits per heavy atom. The van der Waals surface area contributed by atoms with Gasteiger partial charge in [-0.25, -0.2) is 0 Å². The summed E-state index contributed by atoms with van der Waals surface area (Å²) in [7, 11) is 0. The quantitative estimate of drug-likeness (QED) is 0.655. The zero-order valence-corrected chi connectivity index (χ0v) is 8.89. The van der Waals surface area contributed by atoms with E-state index in [9.17, 15) is 0 Å². The SMILES string of the molecule is C1=C[C@]23Cc4ncccc4OC2=CCN1C3. The van der Waals surface area contributed by atoms with E-state index < -0.39 is 0 Å². The lowest BCUT2D eigenvalue weighted by molar-refractivity contribution is 0.200. The smallest absolute Gasteiger partial charge is 0.148 e. The molecule has 4 heterocycles. The maximum atomic E-state index is 5.98. The van der Waals surface area contributed by atoms with Crippen molar-refractivity contribution < 1.29 is 4.74 Å². The minimum absolute atomic E-state index is 0.0552. The van der Waals surface area contributed by atoms with Crippen LogP contribution in [0.25, 0.3) is 0 Å². The Hall–Kier alpha value is -1.77. The van der Waals surface area contributed by atoms with Crippen molar-refractivity contribution in [3.8, 4) is 5.75 Å². The molecular weight excluding hydrogens is 200 g/mol. The fourth-order valence-corrected chi connectivity index (χ4v) is 2.82. The van der Waals surface area contributed by atoms with Crippen molar-refractivity contribution in [3.63, 3.8) is 0 Å². The van der Waals surface area contributed by atoms with Gasteiger partial charge in [-0.15, -0.1) is 0 Å². The van der Waals surface area contributed by atoms with Crippen molar-refractivity contribution in [1.82, 2.24) is 9.88 Å². The third-order valence-electron chi connectivity index (χ3n) is 3.64. The maximum Gasteiger partial charge on any atom is 0.148 e. The number of fused-ring (bicyclic) bond motifs is 2. The summed E-state index contributed by atoms with van der Waals surface area (Å²) in [5.41, 5.74) is 1.13. The Kier molecular flexibility index (Phi) is 1.40. The number of aromatic nitrogens is 1. The van der Waals surface area contributed by atoms with Crippen LogP contribution in [0.15, 0.2) is 42.4 Å². The van der Waals surface area contributed by atoms with E-state index >= 15 is 0 Å². The van der Waals surface area contributed by atoms with Crippen LogP contribution in [0.4, 0.5) is 0 Å². The van der Waals surface area contributed by atoms with Gasteiger partial charge in [-0.1, -0.05) is 6.08 Å². The van der Waals surface area contributed by atoms with Crippen LogP contribution in [0, 0.1) is 5.41 Å². The molecule has 80 valence electrons. The lowest BCUT2D eigenvalue weighted by Crippen LogP contribution is -2.40. The number of nitrogens with zero attached hydrogens (tertiary/aromatic N) is 2. The molecule has 3 nitrogen and oxygen atoms in total. The van der Waals surface area contributed by atoms with Crippen LogP contribution in [0.3, 0.4) is 0 Å². The van der Waals surface area contributed by atoms with Gasteiger partial charge in [-0.05, 0) is 24.4 Å². The Morgan fingerprint density at radius 1 is 1.44 bits per heavy atom. The fourth-order valence-electron chi connectivity index (χ4n) is 2.82. The van der Waals surface area contributed by atoms with Crippen LogP contribution >= 0.6 is 0 Å². The monoisotopic (exact) mass is 212 g/mol. The van der Waals surface area contributed by atoms with Gasteiger partial charge in [0, 0.05) is 25.7 Å². The van der Waals surface area contributed by atoms with Crippen molar-refractivity contribution in [3.05, 3.63) is 48.1 Å². The first-order valence-electron chi connectivity index (χ1n) is 5.62. The average molecular weight is 212 g/mol. The molecule has 0 saturated carbocycles. The number of pyridine rings is 1. The highest BCUT2D eigenvalue weighted by molar-refractivity contribution is 5.41. The van der Waals surface area contributed by atoms with Gasteiger partial charge in [0.15, 0.2) is 0 Å². The number of rotatable bonds is 0. The molecule has 0 amide bonds. The zero-order valence-electron chi connectivity index (χ0n) is 8.89. The molecule has 0 aromatic carbocycles. The van der Waals surface area contributed by atoms with Gasteiger partial charge in [0.05, 0.1) is 11.1 Å². The largest absolute Gasteiger partial charge is 0.459 e. The summed E-state index contributed by atoms with van der Waals surface area (Å²) < 4.78 is 5.98. The summed E-state index contributed by atoms with van der Waals surface area (Å²) in [6.07, 6.45) is 9.44. The summed E-state index contributed by atoms with van der Waals surface area (Å²) in [4.78, 5) is 6.74. The van der Waals surface area contributed by atoms with E-state index in [0.717, 1.165) is 36.7 Å². The molecule has 1 aromatic heterocycles. The van der Waals surface area contributed by atoms with Crippen molar-refractivity contribution in [1.29, 1.82) is 0 Å². The molecule has 0 aliphatic carbocycles. The van der Waals surface area contributed by atoms with Gasteiger partial charge in [-0.3, -0.25) is 4.98 Å². The van der Waals surface area contributed by atoms with Crippen LogP contribution < -0.4 is 4.74 Å². The van der Waals surface area contributed by atoms with Crippen LogP contribution in [-0.2, 0) is 6.42 Å². The van der Waals surface area contributed by atoms with Crippen molar-refractivity contribution in [2.24, 2.45) is 5.41 Å². The molecule has 16 heavy (non-hydrogen) atoms. The van der Waals surface area contributed by atoms with Gasteiger partial charge in [0.2, 0.25) is 0 Å². The molecule has 2 bridgehead atoms. The van der Waals surface area contributed by atoms with Crippen LogP contribution in [-0.4, -0.2) is 23.0 Å². The van der Waals surface area contributed by atoms with Crippen molar-refractivity contribution in [2.75, 3.05) is 13.1 Å². The lowest BCUT2D eigenvalue weighted by atomic mass is 9.79. The molecule has 0 N–H and O–H groups in total. The highest BCUT2D eigenvalue weighted by Gasteiger charge is 2.45.